The lowest BCUT2D eigenvalue weighted by atomic mass is 10.1. The number of carbonyl (C=O) groups is 1. The highest BCUT2D eigenvalue weighted by Crippen LogP contribution is 2.24. The molecule has 1 fully saturated rings. The Morgan fingerprint density at radius 2 is 2.31 bits per heavy atom. The minimum atomic E-state index is -0.101. The standard InChI is InChI=1S/C18H20N6O2/c1-24-11-16(22-23-24)12-2-3-13-9-20-17(7-14(13)6-12)21-18(25)8-15-10-19-4-5-26-15/h2-3,6-7,9,11,15,19H,4-5,8,10H2,1H3,(H,20,21,25). The average Bonchev–Trinajstić information content (AvgIpc) is 3.08. The maximum absolute atomic E-state index is 12.2. The van der Waals surface area contributed by atoms with Crippen molar-refractivity contribution < 1.29 is 9.53 Å². The zero-order valence-electron chi connectivity index (χ0n) is 14.5. The molecule has 26 heavy (non-hydrogen) atoms. The summed E-state index contributed by atoms with van der Waals surface area (Å²) in [5.74, 6) is 0.429. The number of aromatic nitrogens is 4. The van der Waals surface area contributed by atoms with Crippen LogP contribution in [0.1, 0.15) is 6.42 Å². The molecule has 4 rings (SSSR count). The summed E-state index contributed by atoms with van der Waals surface area (Å²) in [6, 6.07) is 7.86. The maximum Gasteiger partial charge on any atom is 0.228 e. The number of aryl methyl sites for hydroxylation is 1. The van der Waals surface area contributed by atoms with Crippen LogP contribution in [0.25, 0.3) is 22.0 Å². The molecule has 3 heterocycles. The Labute approximate surface area is 150 Å². The lowest BCUT2D eigenvalue weighted by Gasteiger charge is -2.22. The second-order valence-corrected chi connectivity index (χ2v) is 6.36. The van der Waals surface area contributed by atoms with Gasteiger partial charge in [-0.3, -0.25) is 9.48 Å². The molecule has 1 amide bonds. The van der Waals surface area contributed by atoms with Crippen molar-refractivity contribution in [1.29, 1.82) is 0 Å². The number of fused-ring (bicyclic) bond motifs is 1. The molecule has 0 radical (unpaired) electrons. The molecular weight excluding hydrogens is 332 g/mol. The van der Waals surface area contributed by atoms with Crippen LogP contribution in [0.15, 0.2) is 36.7 Å². The molecule has 1 unspecified atom stereocenters. The summed E-state index contributed by atoms with van der Waals surface area (Å²) in [7, 11) is 1.83. The third-order valence-corrected chi connectivity index (χ3v) is 4.31. The van der Waals surface area contributed by atoms with Gasteiger partial charge < -0.3 is 15.4 Å². The van der Waals surface area contributed by atoms with Gasteiger partial charge in [0.25, 0.3) is 0 Å². The highest BCUT2D eigenvalue weighted by molar-refractivity contribution is 5.94. The molecule has 134 valence electrons. The lowest BCUT2D eigenvalue weighted by molar-refractivity contribution is -0.119. The number of benzene rings is 1. The van der Waals surface area contributed by atoms with Gasteiger partial charge in [-0.05, 0) is 17.5 Å². The van der Waals surface area contributed by atoms with Crippen molar-refractivity contribution in [2.45, 2.75) is 12.5 Å². The van der Waals surface area contributed by atoms with Crippen LogP contribution in [0, 0.1) is 0 Å². The molecule has 2 N–H and O–H groups in total. The van der Waals surface area contributed by atoms with Gasteiger partial charge in [0.05, 0.1) is 25.3 Å². The Morgan fingerprint density at radius 3 is 3.08 bits per heavy atom. The van der Waals surface area contributed by atoms with Crippen LogP contribution in [-0.2, 0) is 16.6 Å². The number of nitrogens with zero attached hydrogens (tertiary/aromatic N) is 4. The van der Waals surface area contributed by atoms with Crippen LogP contribution in [0.3, 0.4) is 0 Å². The molecule has 8 nitrogen and oxygen atoms in total. The fraction of sp³-hybridized carbons (Fsp3) is 0.333. The predicted octanol–water partition coefficient (Wildman–Crippen LogP) is 1.35. The minimum Gasteiger partial charge on any atom is -0.375 e. The van der Waals surface area contributed by atoms with Crippen molar-refractivity contribution in [2.24, 2.45) is 7.05 Å². The van der Waals surface area contributed by atoms with E-state index >= 15 is 0 Å². The highest BCUT2D eigenvalue weighted by atomic mass is 16.5. The molecular formula is C18H20N6O2. The number of carbonyl (C=O) groups excluding carboxylic acids is 1. The monoisotopic (exact) mass is 352 g/mol. The zero-order chi connectivity index (χ0) is 17.9. The molecule has 0 spiro atoms. The van der Waals surface area contributed by atoms with E-state index in [-0.39, 0.29) is 12.0 Å². The number of pyridine rings is 1. The van der Waals surface area contributed by atoms with E-state index in [1.54, 1.807) is 10.9 Å². The van der Waals surface area contributed by atoms with E-state index in [1.165, 1.54) is 0 Å². The van der Waals surface area contributed by atoms with Crippen molar-refractivity contribution in [3.63, 3.8) is 0 Å². The molecule has 8 heteroatoms. The third-order valence-electron chi connectivity index (χ3n) is 4.31. The van der Waals surface area contributed by atoms with Gasteiger partial charge in [-0.1, -0.05) is 17.3 Å². The van der Waals surface area contributed by atoms with Crippen LogP contribution in [-0.4, -0.2) is 51.7 Å². The van der Waals surface area contributed by atoms with E-state index in [4.69, 9.17) is 4.74 Å². The topological polar surface area (TPSA) is 94.0 Å². The zero-order valence-corrected chi connectivity index (χ0v) is 14.5. The molecule has 1 atom stereocenters. The first kappa shape index (κ1) is 16.6. The smallest absolute Gasteiger partial charge is 0.228 e. The molecule has 1 aliphatic rings. The first-order valence-corrected chi connectivity index (χ1v) is 8.56. The Balaban J connectivity index is 1.51. The number of ether oxygens (including phenoxy) is 1. The van der Waals surface area contributed by atoms with Crippen molar-refractivity contribution in [2.75, 3.05) is 25.0 Å². The van der Waals surface area contributed by atoms with Crippen molar-refractivity contribution >= 4 is 22.5 Å². The fourth-order valence-corrected chi connectivity index (χ4v) is 3.00. The normalized spacial score (nSPS) is 17.3. The summed E-state index contributed by atoms with van der Waals surface area (Å²) in [4.78, 5) is 16.6. The van der Waals surface area contributed by atoms with Gasteiger partial charge in [-0.15, -0.1) is 5.10 Å². The molecule has 1 aromatic carbocycles. The van der Waals surface area contributed by atoms with Crippen molar-refractivity contribution in [3.05, 3.63) is 36.7 Å². The SMILES string of the molecule is Cn1cc(-c2ccc3cnc(NC(=O)CC4CNCCO4)cc3c2)nn1. The molecule has 0 aliphatic carbocycles. The van der Waals surface area contributed by atoms with Crippen LogP contribution in [0.4, 0.5) is 5.82 Å². The van der Waals surface area contributed by atoms with Crippen LogP contribution >= 0.6 is 0 Å². The van der Waals surface area contributed by atoms with Gasteiger partial charge in [0.15, 0.2) is 0 Å². The van der Waals surface area contributed by atoms with E-state index in [0.29, 0.717) is 25.4 Å². The number of amides is 1. The Kier molecular flexibility index (Phi) is 4.59. The predicted molar refractivity (Wildman–Crippen MR) is 97.6 cm³/mol. The van der Waals surface area contributed by atoms with Crippen molar-refractivity contribution in [1.82, 2.24) is 25.3 Å². The molecule has 1 saturated heterocycles. The second-order valence-electron chi connectivity index (χ2n) is 6.36. The van der Waals surface area contributed by atoms with E-state index in [1.807, 2.05) is 37.5 Å². The Bertz CT molecular complexity index is 932. The van der Waals surface area contributed by atoms with Gasteiger partial charge in [-0.2, -0.15) is 0 Å². The van der Waals surface area contributed by atoms with Gasteiger partial charge in [0, 0.05) is 37.3 Å². The quantitative estimate of drug-likeness (QED) is 0.736. The number of hydrogen-bond acceptors (Lipinski definition) is 6. The Morgan fingerprint density at radius 1 is 1.38 bits per heavy atom. The summed E-state index contributed by atoms with van der Waals surface area (Å²) in [5, 5.41) is 16.2. The van der Waals surface area contributed by atoms with Crippen molar-refractivity contribution in [3.8, 4) is 11.3 Å². The second kappa shape index (κ2) is 7.19. The number of nitrogens with one attached hydrogen (secondary N) is 2. The van der Waals surface area contributed by atoms with E-state index in [9.17, 15) is 4.79 Å². The van der Waals surface area contributed by atoms with Crippen LogP contribution < -0.4 is 10.6 Å². The maximum atomic E-state index is 12.2. The van der Waals surface area contributed by atoms with Gasteiger partial charge in [0.2, 0.25) is 5.91 Å². The average molecular weight is 352 g/mol. The summed E-state index contributed by atoms with van der Waals surface area (Å²) in [5.41, 5.74) is 1.77. The minimum absolute atomic E-state index is 0.0903. The third kappa shape index (κ3) is 3.71. The number of hydrogen-bond donors (Lipinski definition) is 2. The molecule has 0 saturated carbocycles. The lowest BCUT2D eigenvalue weighted by Crippen LogP contribution is -2.40. The molecule has 2 aromatic heterocycles. The summed E-state index contributed by atoms with van der Waals surface area (Å²) < 4.78 is 7.23. The van der Waals surface area contributed by atoms with Gasteiger partial charge in [-0.25, -0.2) is 4.98 Å². The van der Waals surface area contributed by atoms with E-state index < -0.39 is 0 Å². The van der Waals surface area contributed by atoms with E-state index in [0.717, 1.165) is 28.6 Å². The summed E-state index contributed by atoms with van der Waals surface area (Å²) in [6.45, 7) is 2.16. The van der Waals surface area contributed by atoms with Crippen LogP contribution in [0.2, 0.25) is 0 Å². The number of morpholine rings is 1. The molecule has 0 bridgehead atoms. The van der Waals surface area contributed by atoms with Gasteiger partial charge >= 0.3 is 0 Å². The van der Waals surface area contributed by atoms with Gasteiger partial charge in [0.1, 0.15) is 11.5 Å². The summed E-state index contributed by atoms with van der Waals surface area (Å²) in [6.07, 6.45) is 3.84. The first-order valence-electron chi connectivity index (χ1n) is 8.56. The summed E-state index contributed by atoms with van der Waals surface area (Å²) >= 11 is 0. The fourth-order valence-electron chi connectivity index (χ4n) is 3.00. The highest BCUT2D eigenvalue weighted by Gasteiger charge is 2.17. The number of rotatable bonds is 4. The Hall–Kier alpha value is -2.84. The van der Waals surface area contributed by atoms with E-state index in [2.05, 4.69) is 25.9 Å². The number of anilines is 1. The first-order chi connectivity index (χ1) is 12.7. The van der Waals surface area contributed by atoms with Crippen LogP contribution in [0.5, 0.6) is 0 Å². The molecule has 3 aromatic rings. The largest absolute Gasteiger partial charge is 0.375 e. The molecule has 1 aliphatic heterocycles.